The summed E-state index contributed by atoms with van der Waals surface area (Å²) in [7, 11) is 5.36. The average Bonchev–Trinajstić information content (AvgIpc) is 1.59. The first kappa shape index (κ1) is 9.39. The van der Waals surface area contributed by atoms with Gasteiger partial charge in [0.05, 0.1) is 21.1 Å². The fourth-order valence-corrected chi connectivity index (χ4v) is 0.480. The zero-order valence-electron chi connectivity index (χ0n) is 6.66. The first-order valence-electron chi connectivity index (χ1n) is 3.14. The molecule has 60 valence electrons. The van der Waals surface area contributed by atoms with E-state index >= 15 is 0 Å². The SMILES string of the molecule is C[N+](C)(C)/N=C(\[O-])CCO. The van der Waals surface area contributed by atoms with Crippen LogP contribution in [0.25, 0.3) is 0 Å². The normalized spacial score (nSPS) is 13.8. The van der Waals surface area contributed by atoms with Crippen molar-refractivity contribution in [2.75, 3.05) is 27.7 Å². The van der Waals surface area contributed by atoms with Gasteiger partial charge in [0.25, 0.3) is 0 Å². The quantitative estimate of drug-likeness (QED) is 0.234. The number of rotatable bonds is 3. The number of quaternary nitrogens is 1. The van der Waals surface area contributed by atoms with Crippen molar-refractivity contribution in [2.24, 2.45) is 5.10 Å². The maximum atomic E-state index is 10.7. The molecule has 0 fully saturated rings. The molecule has 0 rings (SSSR count). The molecule has 0 radical (unpaired) electrons. The summed E-state index contributed by atoms with van der Waals surface area (Å²) in [5, 5.41) is 22.8. The lowest BCUT2D eigenvalue weighted by molar-refractivity contribution is -0.878. The Kier molecular flexibility index (Phi) is 3.32. The van der Waals surface area contributed by atoms with Crippen molar-refractivity contribution >= 4 is 5.90 Å². The summed E-state index contributed by atoms with van der Waals surface area (Å²) < 4.78 is 0.263. The third-order valence-corrected chi connectivity index (χ3v) is 0.737. The molecular formula is C6H14N2O2. The summed E-state index contributed by atoms with van der Waals surface area (Å²) in [4.78, 5) is 0. The van der Waals surface area contributed by atoms with Crippen molar-refractivity contribution in [3.63, 3.8) is 0 Å². The van der Waals surface area contributed by atoms with Crippen LogP contribution in [0.15, 0.2) is 5.10 Å². The van der Waals surface area contributed by atoms with Crippen molar-refractivity contribution in [1.29, 1.82) is 0 Å². The Morgan fingerprint density at radius 2 is 2.00 bits per heavy atom. The highest BCUT2D eigenvalue weighted by atomic mass is 16.3. The Balaban J connectivity index is 3.90. The second-order valence-electron chi connectivity index (χ2n) is 2.91. The largest absolute Gasteiger partial charge is 0.858 e. The van der Waals surface area contributed by atoms with Gasteiger partial charge in [-0.3, -0.25) is 0 Å². The van der Waals surface area contributed by atoms with E-state index in [1.165, 1.54) is 0 Å². The van der Waals surface area contributed by atoms with Crippen LogP contribution in [0, 0.1) is 0 Å². The van der Waals surface area contributed by atoms with Crippen molar-refractivity contribution in [3.8, 4) is 0 Å². The molecule has 0 aliphatic rings. The summed E-state index contributed by atoms with van der Waals surface area (Å²) in [6.45, 7) is -0.123. The first-order chi connectivity index (χ1) is 4.45. The van der Waals surface area contributed by atoms with E-state index in [0.717, 1.165) is 0 Å². The molecule has 0 heterocycles. The van der Waals surface area contributed by atoms with E-state index < -0.39 is 0 Å². The van der Waals surface area contributed by atoms with Gasteiger partial charge in [-0.25, -0.2) is 4.59 Å². The minimum atomic E-state index is -0.255. The van der Waals surface area contributed by atoms with Gasteiger partial charge >= 0.3 is 0 Å². The monoisotopic (exact) mass is 146 g/mol. The van der Waals surface area contributed by atoms with Crippen LogP contribution in [0.2, 0.25) is 0 Å². The molecule has 4 nitrogen and oxygen atoms in total. The minimum absolute atomic E-state index is 0.121. The molecule has 10 heavy (non-hydrogen) atoms. The van der Waals surface area contributed by atoms with Gasteiger partial charge in [-0.2, -0.15) is 0 Å². The van der Waals surface area contributed by atoms with E-state index in [1.807, 2.05) is 0 Å². The third-order valence-electron chi connectivity index (χ3n) is 0.737. The fraction of sp³-hybridized carbons (Fsp3) is 0.833. The maximum Gasteiger partial charge on any atom is 0.0923 e. The topological polar surface area (TPSA) is 55.7 Å². The molecule has 0 aliphatic heterocycles. The van der Waals surface area contributed by atoms with Crippen LogP contribution in [-0.4, -0.2) is 43.3 Å². The second kappa shape index (κ2) is 3.53. The summed E-state index contributed by atoms with van der Waals surface area (Å²) in [5.74, 6) is -0.255. The van der Waals surface area contributed by atoms with Gasteiger partial charge in [0, 0.05) is 18.9 Å². The zero-order valence-corrected chi connectivity index (χ0v) is 6.66. The van der Waals surface area contributed by atoms with Crippen molar-refractivity contribution in [1.82, 2.24) is 0 Å². The van der Waals surface area contributed by atoms with Gasteiger partial charge in [0.2, 0.25) is 0 Å². The van der Waals surface area contributed by atoms with Gasteiger partial charge in [0.15, 0.2) is 0 Å². The third kappa shape index (κ3) is 5.53. The van der Waals surface area contributed by atoms with Crippen molar-refractivity contribution in [2.45, 2.75) is 6.42 Å². The lowest BCUT2D eigenvalue weighted by atomic mass is 10.5. The van der Waals surface area contributed by atoms with Crippen LogP contribution in [-0.2, 0) is 0 Å². The summed E-state index contributed by atoms with van der Waals surface area (Å²) >= 11 is 0. The van der Waals surface area contributed by atoms with E-state index in [4.69, 9.17) is 5.11 Å². The van der Waals surface area contributed by atoms with Crippen LogP contribution in [0.4, 0.5) is 0 Å². The Labute approximate surface area is 61.0 Å². The predicted octanol–water partition coefficient (Wildman–Crippen LogP) is -1.25. The molecule has 0 amide bonds. The summed E-state index contributed by atoms with van der Waals surface area (Å²) in [6, 6.07) is 0. The highest BCUT2D eigenvalue weighted by Gasteiger charge is 2.01. The fourth-order valence-electron chi connectivity index (χ4n) is 0.480. The van der Waals surface area contributed by atoms with E-state index in [2.05, 4.69) is 5.10 Å². The van der Waals surface area contributed by atoms with Gasteiger partial charge in [-0.15, -0.1) is 5.10 Å². The Morgan fingerprint density at radius 3 is 2.30 bits per heavy atom. The van der Waals surface area contributed by atoms with Crippen LogP contribution < -0.4 is 5.11 Å². The molecule has 0 aromatic rings. The Morgan fingerprint density at radius 1 is 1.50 bits per heavy atom. The van der Waals surface area contributed by atoms with Gasteiger partial charge in [-0.05, 0) is 0 Å². The molecule has 0 unspecified atom stereocenters. The molecule has 0 bridgehead atoms. The number of aliphatic hydroxyl groups excluding tert-OH is 1. The lowest BCUT2D eigenvalue weighted by Gasteiger charge is -2.19. The van der Waals surface area contributed by atoms with Crippen LogP contribution in [0.3, 0.4) is 0 Å². The van der Waals surface area contributed by atoms with Crippen LogP contribution in [0.5, 0.6) is 0 Å². The van der Waals surface area contributed by atoms with E-state index in [0.29, 0.717) is 0 Å². The van der Waals surface area contributed by atoms with Crippen molar-refractivity contribution < 1.29 is 14.8 Å². The molecule has 0 saturated carbocycles. The molecule has 0 aromatic carbocycles. The molecular weight excluding hydrogens is 132 g/mol. The molecule has 1 N–H and O–H groups in total. The van der Waals surface area contributed by atoms with E-state index in [-0.39, 0.29) is 23.5 Å². The smallest absolute Gasteiger partial charge is 0.0923 e. The van der Waals surface area contributed by atoms with Crippen LogP contribution >= 0.6 is 0 Å². The van der Waals surface area contributed by atoms with E-state index in [9.17, 15) is 5.11 Å². The predicted molar refractivity (Wildman–Crippen MR) is 37.2 cm³/mol. The van der Waals surface area contributed by atoms with Crippen LogP contribution in [0.1, 0.15) is 6.42 Å². The summed E-state index contributed by atoms with van der Waals surface area (Å²) in [5.41, 5.74) is 0. The Hall–Kier alpha value is -0.610. The number of nitrogens with zero attached hydrogens (tertiary/aromatic N) is 2. The highest BCUT2D eigenvalue weighted by Crippen LogP contribution is 1.91. The molecule has 0 aliphatic carbocycles. The lowest BCUT2D eigenvalue weighted by Crippen LogP contribution is -2.33. The Bertz CT molecular complexity index is 126. The second-order valence-corrected chi connectivity index (χ2v) is 2.91. The highest BCUT2D eigenvalue weighted by molar-refractivity contribution is 5.70. The standard InChI is InChI=1S/C6H14N2O2/c1-8(2,3)7-6(10)4-5-9/h9H,4-5H2,1-3H3. The number of hydrogen-bond donors (Lipinski definition) is 1. The number of aliphatic hydroxyl groups is 1. The molecule has 0 aromatic heterocycles. The minimum Gasteiger partial charge on any atom is -0.858 e. The first-order valence-corrected chi connectivity index (χ1v) is 3.14. The average molecular weight is 146 g/mol. The molecule has 0 atom stereocenters. The zero-order chi connectivity index (χ0) is 8.20. The van der Waals surface area contributed by atoms with Crippen molar-refractivity contribution in [3.05, 3.63) is 0 Å². The molecule has 0 saturated heterocycles. The summed E-state index contributed by atoms with van der Waals surface area (Å²) in [6.07, 6.45) is 0.121. The van der Waals surface area contributed by atoms with Gasteiger partial charge < -0.3 is 10.2 Å². The van der Waals surface area contributed by atoms with Gasteiger partial charge in [0.1, 0.15) is 0 Å². The molecule has 0 spiro atoms. The maximum absolute atomic E-state index is 10.7. The number of hydrogen-bond acceptors (Lipinski definition) is 3. The van der Waals surface area contributed by atoms with Gasteiger partial charge in [-0.1, -0.05) is 0 Å². The molecule has 4 heteroatoms. The van der Waals surface area contributed by atoms with E-state index in [1.54, 1.807) is 21.1 Å².